The van der Waals surface area contributed by atoms with Gasteiger partial charge in [-0.2, -0.15) is 4.37 Å². The zero-order chi connectivity index (χ0) is 17.4. The fourth-order valence-electron chi connectivity index (χ4n) is 3.13. The van der Waals surface area contributed by atoms with Crippen molar-refractivity contribution in [2.45, 2.75) is 25.0 Å². The molecule has 0 bridgehead atoms. The van der Waals surface area contributed by atoms with E-state index in [4.69, 9.17) is 0 Å². The quantitative estimate of drug-likeness (QED) is 0.679. The Hall–Kier alpha value is -1.61. The molecule has 0 aliphatic carbocycles. The molecule has 3 heterocycles. The van der Waals surface area contributed by atoms with E-state index in [0.29, 0.717) is 23.1 Å². The van der Waals surface area contributed by atoms with Gasteiger partial charge < -0.3 is 10.4 Å². The molecule has 6 nitrogen and oxygen atoms in total. The Labute approximate surface area is 156 Å². The maximum Gasteiger partial charge on any atom is 0.273 e. The van der Waals surface area contributed by atoms with Crippen LogP contribution < -0.4 is 10.9 Å². The average molecular weight is 421 g/mol. The van der Waals surface area contributed by atoms with Crippen molar-refractivity contribution < 1.29 is 5.11 Å². The average Bonchev–Trinajstić information content (AvgIpc) is 3.03. The van der Waals surface area contributed by atoms with Gasteiger partial charge in [0, 0.05) is 10.0 Å². The summed E-state index contributed by atoms with van der Waals surface area (Å²) in [6, 6.07) is 7.77. The van der Waals surface area contributed by atoms with E-state index in [2.05, 4.69) is 30.6 Å². The second-order valence-corrected chi connectivity index (χ2v) is 8.06. The van der Waals surface area contributed by atoms with E-state index in [0.717, 1.165) is 40.4 Å². The van der Waals surface area contributed by atoms with E-state index in [-0.39, 0.29) is 12.1 Å². The molecule has 1 aliphatic heterocycles. The summed E-state index contributed by atoms with van der Waals surface area (Å²) in [4.78, 5) is 17.3. The molecule has 0 radical (unpaired) electrons. The van der Waals surface area contributed by atoms with Crippen LogP contribution in [0, 0.1) is 0 Å². The fraction of sp³-hybridized carbons (Fsp3) is 0.353. The molecule has 130 valence electrons. The number of nitrogens with one attached hydrogen (secondary N) is 1. The predicted octanol–water partition coefficient (Wildman–Crippen LogP) is 2.40. The van der Waals surface area contributed by atoms with Gasteiger partial charge in [0.25, 0.3) is 5.56 Å². The van der Waals surface area contributed by atoms with Gasteiger partial charge in [-0.3, -0.25) is 9.36 Å². The van der Waals surface area contributed by atoms with Gasteiger partial charge in [0.2, 0.25) is 0 Å². The largest absolute Gasteiger partial charge is 0.388 e. The third-order valence-electron chi connectivity index (χ3n) is 4.57. The highest BCUT2D eigenvalue weighted by atomic mass is 79.9. The topological polar surface area (TPSA) is 80.0 Å². The van der Waals surface area contributed by atoms with Crippen molar-refractivity contribution >= 4 is 37.7 Å². The van der Waals surface area contributed by atoms with Gasteiger partial charge in [-0.05, 0) is 49.6 Å². The van der Waals surface area contributed by atoms with Crippen LogP contribution in [0.15, 0.2) is 39.9 Å². The van der Waals surface area contributed by atoms with Crippen LogP contribution in [0.1, 0.15) is 12.8 Å². The van der Waals surface area contributed by atoms with Crippen molar-refractivity contribution in [2.75, 3.05) is 13.1 Å². The molecule has 1 aromatic carbocycles. The smallest absolute Gasteiger partial charge is 0.273 e. The molecular formula is C17H17BrN4O2S. The van der Waals surface area contributed by atoms with Gasteiger partial charge in [0.1, 0.15) is 15.9 Å². The van der Waals surface area contributed by atoms with Crippen LogP contribution in [0.4, 0.5) is 0 Å². The van der Waals surface area contributed by atoms with E-state index >= 15 is 0 Å². The molecule has 1 aliphatic rings. The van der Waals surface area contributed by atoms with E-state index in [9.17, 15) is 9.90 Å². The van der Waals surface area contributed by atoms with Gasteiger partial charge in [-0.1, -0.05) is 28.1 Å². The third-order valence-corrected chi connectivity index (χ3v) is 5.92. The van der Waals surface area contributed by atoms with Gasteiger partial charge in [-0.15, -0.1) is 0 Å². The standard InChI is InChI=1S/C17H17BrN4O2S/c18-12-3-1-11(2-4-12)13-14-15(25-21-13)16(23)22(10-20-14)9-17(24)5-7-19-8-6-17/h1-4,10,19,24H,5-9H2. The molecule has 0 amide bonds. The lowest BCUT2D eigenvalue weighted by Gasteiger charge is -2.32. The van der Waals surface area contributed by atoms with Crippen molar-refractivity contribution in [1.29, 1.82) is 0 Å². The Kier molecular flexibility index (Phi) is 4.45. The molecule has 8 heteroatoms. The SMILES string of the molecule is O=c1c2snc(-c3ccc(Br)cc3)c2ncn1CC1(O)CCNCC1. The number of hydrogen-bond acceptors (Lipinski definition) is 6. The molecule has 3 aromatic rings. The van der Waals surface area contributed by atoms with Crippen LogP contribution in [0.5, 0.6) is 0 Å². The Balaban J connectivity index is 1.72. The van der Waals surface area contributed by atoms with Crippen LogP contribution in [0.25, 0.3) is 21.5 Å². The van der Waals surface area contributed by atoms with E-state index < -0.39 is 5.60 Å². The summed E-state index contributed by atoms with van der Waals surface area (Å²) in [5.74, 6) is 0. The van der Waals surface area contributed by atoms with Crippen LogP contribution in [0.2, 0.25) is 0 Å². The minimum absolute atomic E-state index is 0.141. The number of fused-ring (bicyclic) bond motifs is 1. The molecule has 25 heavy (non-hydrogen) atoms. The van der Waals surface area contributed by atoms with Crippen LogP contribution in [0.3, 0.4) is 0 Å². The summed E-state index contributed by atoms with van der Waals surface area (Å²) in [5, 5.41) is 13.9. The first-order valence-corrected chi connectivity index (χ1v) is 9.66. The summed E-state index contributed by atoms with van der Waals surface area (Å²) >= 11 is 4.58. The number of halogens is 1. The minimum Gasteiger partial charge on any atom is -0.388 e. The maximum atomic E-state index is 12.8. The van der Waals surface area contributed by atoms with Crippen LogP contribution in [-0.2, 0) is 6.54 Å². The second-order valence-electron chi connectivity index (χ2n) is 6.37. The van der Waals surface area contributed by atoms with Gasteiger partial charge >= 0.3 is 0 Å². The summed E-state index contributed by atoms with van der Waals surface area (Å²) in [6.07, 6.45) is 2.79. The van der Waals surface area contributed by atoms with Crippen molar-refractivity contribution in [3.63, 3.8) is 0 Å². The number of rotatable bonds is 3. The van der Waals surface area contributed by atoms with E-state index in [1.54, 1.807) is 0 Å². The summed E-state index contributed by atoms with van der Waals surface area (Å²) in [5.41, 5.74) is 1.26. The number of aromatic nitrogens is 3. The molecule has 0 unspecified atom stereocenters. The molecule has 1 fully saturated rings. The number of nitrogens with zero attached hydrogens (tertiary/aromatic N) is 3. The van der Waals surface area contributed by atoms with Gasteiger partial charge in [0.05, 0.1) is 18.5 Å². The molecule has 0 atom stereocenters. The highest BCUT2D eigenvalue weighted by Gasteiger charge is 2.30. The molecule has 2 N–H and O–H groups in total. The van der Waals surface area contributed by atoms with Crippen molar-refractivity contribution in [3.8, 4) is 11.3 Å². The van der Waals surface area contributed by atoms with Crippen LogP contribution in [-0.4, -0.2) is 37.7 Å². The first kappa shape index (κ1) is 16.8. The molecule has 2 aromatic heterocycles. The molecular weight excluding hydrogens is 404 g/mol. The highest BCUT2D eigenvalue weighted by molar-refractivity contribution is 9.10. The van der Waals surface area contributed by atoms with E-state index in [1.807, 2.05) is 24.3 Å². The lowest BCUT2D eigenvalue weighted by molar-refractivity contribution is -0.00626. The van der Waals surface area contributed by atoms with E-state index in [1.165, 1.54) is 10.9 Å². The highest BCUT2D eigenvalue weighted by Crippen LogP contribution is 2.28. The van der Waals surface area contributed by atoms with Gasteiger partial charge in [-0.25, -0.2) is 4.98 Å². The zero-order valence-corrected chi connectivity index (χ0v) is 15.8. The summed E-state index contributed by atoms with van der Waals surface area (Å²) < 4.78 is 7.46. The molecule has 1 saturated heterocycles. The minimum atomic E-state index is -0.857. The van der Waals surface area contributed by atoms with Crippen molar-refractivity contribution in [1.82, 2.24) is 19.2 Å². The second kappa shape index (κ2) is 6.60. The monoisotopic (exact) mass is 420 g/mol. The number of piperidine rings is 1. The Morgan fingerprint density at radius 3 is 2.72 bits per heavy atom. The Bertz CT molecular complexity index is 961. The number of benzene rings is 1. The summed E-state index contributed by atoms with van der Waals surface area (Å²) in [7, 11) is 0. The predicted molar refractivity (Wildman–Crippen MR) is 102 cm³/mol. The normalized spacial score (nSPS) is 17.0. The number of hydrogen-bond donors (Lipinski definition) is 2. The maximum absolute atomic E-state index is 12.8. The van der Waals surface area contributed by atoms with Gasteiger partial charge in [0.15, 0.2) is 0 Å². The zero-order valence-electron chi connectivity index (χ0n) is 13.4. The summed E-state index contributed by atoms with van der Waals surface area (Å²) in [6.45, 7) is 1.78. The first-order valence-electron chi connectivity index (χ1n) is 8.10. The van der Waals surface area contributed by atoms with Crippen molar-refractivity contribution in [2.24, 2.45) is 0 Å². The third kappa shape index (κ3) is 3.27. The molecule has 0 spiro atoms. The lowest BCUT2D eigenvalue weighted by atomic mass is 9.92. The Morgan fingerprint density at radius 1 is 1.28 bits per heavy atom. The number of aliphatic hydroxyl groups is 1. The van der Waals surface area contributed by atoms with Crippen molar-refractivity contribution in [3.05, 3.63) is 45.4 Å². The molecule has 4 rings (SSSR count). The fourth-order valence-corrected chi connectivity index (χ4v) is 4.20. The van der Waals surface area contributed by atoms with Crippen LogP contribution >= 0.6 is 27.5 Å². The Morgan fingerprint density at radius 2 is 2.00 bits per heavy atom. The first-order chi connectivity index (χ1) is 12.1. The molecule has 0 saturated carbocycles. The lowest BCUT2D eigenvalue weighted by Crippen LogP contribution is -2.46.